The van der Waals surface area contributed by atoms with E-state index in [0.29, 0.717) is 12.1 Å². The Kier molecular flexibility index (Phi) is 3.59. The number of ketones is 1. The van der Waals surface area contributed by atoms with Crippen LogP contribution in [-0.4, -0.2) is 16.3 Å². The molecule has 0 aromatic heterocycles. The summed E-state index contributed by atoms with van der Waals surface area (Å²) in [6.07, 6.45) is 6.28. The monoisotopic (exact) mass is 178 g/mol. The molecule has 0 aromatic carbocycles. The van der Waals surface area contributed by atoms with Gasteiger partial charge in [-0.2, -0.15) is 4.79 Å². The zero-order valence-electron chi connectivity index (χ0n) is 7.92. The van der Waals surface area contributed by atoms with E-state index in [-0.39, 0.29) is 5.78 Å². The van der Waals surface area contributed by atoms with E-state index in [2.05, 4.69) is 11.7 Å². The van der Waals surface area contributed by atoms with Gasteiger partial charge in [0.2, 0.25) is 0 Å². The van der Waals surface area contributed by atoms with Crippen molar-refractivity contribution < 1.29 is 9.58 Å². The molecule has 3 nitrogen and oxygen atoms in total. The summed E-state index contributed by atoms with van der Waals surface area (Å²) in [5.74, 6) is -0.0674. The summed E-state index contributed by atoms with van der Waals surface area (Å²) in [6, 6.07) is 0. The van der Waals surface area contributed by atoms with Crippen LogP contribution in [-0.2, 0) is 4.79 Å². The molecule has 0 unspecified atom stereocenters. The third kappa shape index (κ3) is 2.36. The summed E-state index contributed by atoms with van der Waals surface area (Å²) < 4.78 is 0. The first-order valence-electron chi connectivity index (χ1n) is 4.74. The molecule has 1 aliphatic carbocycles. The minimum Gasteiger partial charge on any atom is -0.361 e. The second kappa shape index (κ2) is 4.73. The van der Waals surface area contributed by atoms with E-state index in [0.717, 1.165) is 31.3 Å². The van der Waals surface area contributed by atoms with Crippen molar-refractivity contribution >= 4 is 11.5 Å². The van der Waals surface area contributed by atoms with Gasteiger partial charge >= 0.3 is 5.71 Å². The van der Waals surface area contributed by atoms with E-state index >= 15 is 0 Å². The zero-order valence-corrected chi connectivity index (χ0v) is 7.92. The highest BCUT2D eigenvalue weighted by Gasteiger charge is 2.26. The second-order valence-electron chi connectivity index (χ2n) is 3.25. The molecule has 0 aromatic rings. The second-order valence-corrected chi connectivity index (χ2v) is 3.25. The molecule has 0 amide bonds. The molecule has 0 saturated carbocycles. The molecule has 0 heterocycles. The summed E-state index contributed by atoms with van der Waals surface area (Å²) in [7, 11) is 0. The van der Waals surface area contributed by atoms with E-state index < -0.39 is 0 Å². The van der Waals surface area contributed by atoms with Crippen LogP contribution in [0.4, 0.5) is 0 Å². The van der Waals surface area contributed by atoms with E-state index in [4.69, 9.17) is 5.53 Å². The van der Waals surface area contributed by atoms with Crippen LogP contribution < -0.4 is 0 Å². The highest BCUT2D eigenvalue weighted by atomic mass is 16.1. The van der Waals surface area contributed by atoms with Crippen LogP contribution in [0.15, 0.2) is 11.6 Å². The SMILES string of the molecule is CCCCC1=CCCC(=[N+]=[N-])C1=O. The van der Waals surface area contributed by atoms with Crippen molar-refractivity contribution in [3.8, 4) is 0 Å². The Morgan fingerprint density at radius 1 is 1.62 bits per heavy atom. The maximum Gasteiger partial charge on any atom is 0.339 e. The van der Waals surface area contributed by atoms with Gasteiger partial charge in [0.1, 0.15) is 0 Å². The number of carbonyl (C=O) groups is 1. The third-order valence-electron chi connectivity index (χ3n) is 2.25. The van der Waals surface area contributed by atoms with Crippen LogP contribution in [0.2, 0.25) is 0 Å². The molecular weight excluding hydrogens is 164 g/mol. The molecule has 0 bridgehead atoms. The maximum absolute atomic E-state index is 11.5. The van der Waals surface area contributed by atoms with Gasteiger partial charge in [-0.3, -0.25) is 4.79 Å². The number of hydrogen-bond acceptors (Lipinski definition) is 1. The maximum atomic E-state index is 11.5. The average Bonchev–Trinajstić information content (AvgIpc) is 2.16. The molecule has 0 atom stereocenters. The minimum absolute atomic E-state index is 0.0674. The average molecular weight is 178 g/mol. The number of allylic oxidation sites excluding steroid dienone is 2. The molecule has 0 spiro atoms. The molecule has 1 rings (SSSR count). The Balaban J connectivity index is 2.69. The number of rotatable bonds is 3. The Morgan fingerprint density at radius 3 is 3.00 bits per heavy atom. The fraction of sp³-hybridized carbons (Fsp3) is 0.600. The molecule has 0 fully saturated rings. The van der Waals surface area contributed by atoms with E-state index in [1.807, 2.05) is 6.08 Å². The smallest absolute Gasteiger partial charge is 0.339 e. The van der Waals surface area contributed by atoms with Crippen molar-refractivity contribution in [2.45, 2.75) is 39.0 Å². The van der Waals surface area contributed by atoms with Crippen LogP contribution in [0.1, 0.15) is 39.0 Å². The van der Waals surface area contributed by atoms with E-state index in [9.17, 15) is 4.79 Å². The summed E-state index contributed by atoms with van der Waals surface area (Å²) in [5, 5.41) is 0. The van der Waals surface area contributed by atoms with Gasteiger partial charge in [-0.25, -0.2) is 0 Å². The highest BCUT2D eigenvalue weighted by Crippen LogP contribution is 2.16. The Morgan fingerprint density at radius 2 is 2.38 bits per heavy atom. The number of carbonyl (C=O) groups excluding carboxylic acids is 1. The summed E-state index contributed by atoms with van der Waals surface area (Å²) in [5.41, 5.74) is 9.68. The van der Waals surface area contributed by atoms with Crippen molar-refractivity contribution in [2.75, 3.05) is 0 Å². The lowest BCUT2D eigenvalue weighted by Gasteiger charge is -2.07. The first kappa shape index (κ1) is 9.87. The largest absolute Gasteiger partial charge is 0.361 e. The number of nitrogens with zero attached hydrogens (tertiary/aromatic N) is 2. The van der Waals surface area contributed by atoms with Crippen molar-refractivity contribution in [3.05, 3.63) is 17.2 Å². The van der Waals surface area contributed by atoms with Crippen molar-refractivity contribution in [3.63, 3.8) is 0 Å². The van der Waals surface area contributed by atoms with Gasteiger partial charge in [0.05, 0.1) is 6.42 Å². The molecule has 13 heavy (non-hydrogen) atoms. The highest BCUT2D eigenvalue weighted by molar-refractivity contribution is 6.44. The van der Waals surface area contributed by atoms with Gasteiger partial charge in [-0.05, 0) is 19.3 Å². The molecule has 1 aliphatic rings. The van der Waals surface area contributed by atoms with Crippen molar-refractivity contribution in [1.29, 1.82) is 0 Å². The molecule has 0 radical (unpaired) electrons. The zero-order chi connectivity index (χ0) is 9.68. The van der Waals surface area contributed by atoms with Crippen molar-refractivity contribution in [2.24, 2.45) is 0 Å². The normalized spacial score (nSPS) is 16.8. The summed E-state index contributed by atoms with van der Waals surface area (Å²) >= 11 is 0. The fourth-order valence-corrected chi connectivity index (χ4v) is 1.45. The van der Waals surface area contributed by atoms with Gasteiger partial charge in [0.15, 0.2) is 0 Å². The predicted octanol–water partition coefficient (Wildman–Crippen LogP) is 2.14. The quantitative estimate of drug-likeness (QED) is 0.482. The van der Waals surface area contributed by atoms with Crippen molar-refractivity contribution in [1.82, 2.24) is 0 Å². The standard InChI is InChI=1S/C10H14N2O/c1-2-3-5-8-6-4-7-9(12-11)10(8)13/h6H,2-5,7H2,1H3. The fourth-order valence-electron chi connectivity index (χ4n) is 1.45. The Bertz CT molecular complexity index is 285. The third-order valence-corrected chi connectivity index (χ3v) is 2.25. The van der Waals surface area contributed by atoms with E-state index in [1.54, 1.807) is 0 Å². The van der Waals surface area contributed by atoms with Crippen LogP contribution in [0, 0.1) is 0 Å². The number of unbranched alkanes of at least 4 members (excludes halogenated alkanes) is 1. The number of Topliss-reactive ketones (excluding diaryl/α,β-unsaturated/α-hetero) is 1. The molecule has 0 saturated heterocycles. The molecule has 0 N–H and O–H groups in total. The number of hydrogen-bond donors (Lipinski definition) is 0. The lowest BCUT2D eigenvalue weighted by atomic mass is 9.93. The van der Waals surface area contributed by atoms with Crippen LogP contribution >= 0.6 is 0 Å². The molecular formula is C10H14N2O. The van der Waals surface area contributed by atoms with Gasteiger partial charge < -0.3 is 5.53 Å². The lowest BCUT2D eigenvalue weighted by Crippen LogP contribution is -2.21. The topological polar surface area (TPSA) is 53.5 Å². The van der Waals surface area contributed by atoms with Crippen LogP contribution in [0.5, 0.6) is 0 Å². The van der Waals surface area contributed by atoms with Gasteiger partial charge in [0, 0.05) is 5.57 Å². The van der Waals surface area contributed by atoms with Gasteiger partial charge in [-0.15, -0.1) is 0 Å². The van der Waals surface area contributed by atoms with Gasteiger partial charge in [-0.1, -0.05) is 19.4 Å². The molecule has 70 valence electrons. The Hall–Kier alpha value is -1.21. The van der Waals surface area contributed by atoms with Crippen LogP contribution in [0.25, 0.3) is 5.53 Å². The summed E-state index contributed by atoms with van der Waals surface area (Å²) in [4.78, 5) is 14.5. The minimum atomic E-state index is -0.0674. The predicted molar refractivity (Wildman–Crippen MR) is 50.5 cm³/mol. The first-order chi connectivity index (χ1) is 6.29. The van der Waals surface area contributed by atoms with Crippen LogP contribution in [0.3, 0.4) is 0 Å². The van der Waals surface area contributed by atoms with E-state index in [1.165, 1.54) is 0 Å². The Labute approximate surface area is 78.1 Å². The first-order valence-corrected chi connectivity index (χ1v) is 4.74. The summed E-state index contributed by atoms with van der Waals surface area (Å²) in [6.45, 7) is 2.09. The van der Waals surface area contributed by atoms with Gasteiger partial charge in [0.25, 0.3) is 5.78 Å². The molecule has 0 aliphatic heterocycles. The molecule has 3 heteroatoms. The lowest BCUT2D eigenvalue weighted by molar-refractivity contribution is -0.114.